The average molecular weight is 357 g/mol. The van der Waals surface area contributed by atoms with Gasteiger partial charge in [0.1, 0.15) is 11.3 Å². The van der Waals surface area contributed by atoms with E-state index in [-0.39, 0.29) is 5.91 Å². The highest BCUT2D eigenvalue weighted by Gasteiger charge is 2.17. The predicted octanol–water partition coefficient (Wildman–Crippen LogP) is 3.69. The Kier molecular flexibility index (Phi) is 4.63. The van der Waals surface area contributed by atoms with Crippen molar-refractivity contribution in [2.45, 2.75) is 20.0 Å². The number of ether oxygens (including phenoxy) is 1. The molecule has 0 saturated heterocycles. The number of fused-ring (bicyclic) bond motifs is 1. The highest BCUT2D eigenvalue weighted by molar-refractivity contribution is 7.13. The number of thiophene rings is 1. The van der Waals surface area contributed by atoms with Crippen molar-refractivity contribution >= 4 is 28.2 Å². The Morgan fingerprint density at radius 1 is 1.24 bits per heavy atom. The topological polar surface area (TPSA) is 59.8 Å². The van der Waals surface area contributed by atoms with Gasteiger partial charge >= 0.3 is 5.63 Å². The van der Waals surface area contributed by atoms with Crippen LogP contribution in [0.4, 0.5) is 0 Å². The zero-order chi connectivity index (χ0) is 18.1. The lowest BCUT2D eigenvalue weighted by Crippen LogP contribution is -2.35. The van der Waals surface area contributed by atoms with Crippen LogP contribution in [0, 0.1) is 6.92 Å². The minimum Gasteiger partial charge on any atom is -0.481 e. The Hall–Kier alpha value is -2.60. The van der Waals surface area contributed by atoms with Gasteiger partial charge in [-0.05, 0) is 43.0 Å². The van der Waals surface area contributed by atoms with E-state index in [9.17, 15) is 9.59 Å². The molecule has 0 fully saturated rings. The maximum atomic E-state index is 12.0. The van der Waals surface area contributed by atoms with Crippen LogP contribution in [0.3, 0.4) is 0 Å². The zero-order valence-electron chi connectivity index (χ0n) is 14.5. The van der Waals surface area contributed by atoms with Crippen molar-refractivity contribution in [3.63, 3.8) is 0 Å². The largest absolute Gasteiger partial charge is 0.481 e. The molecule has 0 N–H and O–H groups in total. The third-order valence-electron chi connectivity index (χ3n) is 3.92. The van der Waals surface area contributed by atoms with Crippen molar-refractivity contribution in [2.24, 2.45) is 0 Å². The first kappa shape index (κ1) is 17.2. The lowest BCUT2D eigenvalue weighted by atomic mass is 10.1. The molecular weight excluding hydrogens is 338 g/mol. The summed E-state index contributed by atoms with van der Waals surface area (Å²) in [6, 6.07) is 8.83. The summed E-state index contributed by atoms with van der Waals surface area (Å²) in [4.78, 5) is 26.4. The smallest absolute Gasteiger partial charge is 0.336 e. The molecule has 0 aliphatic carbocycles. The van der Waals surface area contributed by atoms with E-state index in [0.29, 0.717) is 11.3 Å². The number of hydrogen-bond acceptors (Lipinski definition) is 5. The van der Waals surface area contributed by atoms with Crippen LogP contribution in [-0.4, -0.2) is 31.0 Å². The molecule has 2 heterocycles. The van der Waals surface area contributed by atoms with Crippen LogP contribution in [0.5, 0.6) is 5.75 Å². The Morgan fingerprint density at radius 2 is 2.00 bits per heavy atom. The first-order valence-electron chi connectivity index (χ1n) is 7.87. The lowest BCUT2D eigenvalue weighted by Gasteiger charge is -2.18. The maximum Gasteiger partial charge on any atom is 0.336 e. The minimum atomic E-state index is -0.623. The van der Waals surface area contributed by atoms with Crippen molar-refractivity contribution in [3.8, 4) is 16.2 Å². The second kappa shape index (κ2) is 6.72. The average Bonchev–Trinajstić information content (AvgIpc) is 2.98. The maximum absolute atomic E-state index is 12.0. The van der Waals surface area contributed by atoms with Gasteiger partial charge in [0, 0.05) is 42.1 Å². The quantitative estimate of drug-likeness (QED) is 0.668. The van der Waals surface area contributed by atoms with E-state index in [2.05, 4.69) is 0 Å². The van der Waals surface area contributed by atoms with E-state index < -0.39 is 11.7 Å². The number of rotatable bonds is 4. The van der Waals surface area contributed by atoms with E-state index in [1.165, 1.54) is 11.0 Å². The van der Waals surface area contributed by atoms with Gasteiger partial charge < -0.3 is 14.1 Å². The number of aryl methyl sites for hydroxylation is 1. The fraction of sp³-hybridized carbons (Fsp3) is 0.263. The molecule has 130 valence electrons. The third-order valence-corrected chi connectivity index (χ3v) is 4.97. The van der Waals surface area contributed by atoms with E-state index in [1.54, 1.807) is 44.5 Å². The van der Waals surface area contributed by atoms with Crippen molar-refractivity contribution in [1.29, 1.82) is 0 Å². The first-order valence-corrected chi connectivity index (χ1v) is 8.75. The monoisotopic (exact) mass is 357 g/mol. The molecule has 3 aromatic rings. The highest BCUT2D eigenvalue weighted by atomic mass is 32.1. The molecule has 2 aromatic heterocycles. The molecule has 0 saturated carbocycles. The molecular formula is C19H19NO4S. The number of hydrogen-bond donors (Lipinski definition) is 0. The molecule has 0 aliphatic heterocycles. The van der Waals surface area contributed by atoms with Gasteiger partial charge in [-0.25, -0.2) is 4.79 Å². The van der Waals surface area contributed by atoms with Gasteiger partial charge in [-0.1, -0.05) is 0 Å². The molecule has 5 nitrogen and oxygen atoms in total. The molecule has 1 atom stereocenters. The van der Waals surface area contributed by atoms with Crippen molar-refractivity contribution < 1.29 is 13.9 Å². The summed E-state index contributed by atoms with van der Waals surface area (Å²) in [6.45, 7) is 3.70. The van der Waals surface area contributed by atoms with Crippen LogP contribution in [0.25, 0.3) is 21.4 Å². The number of nitrogens with zero attached hydrogens (tertiary/aromatic N) is 1. The normalized spacial score (nSPS) is 12.2. The van der Waals surface area contributed by atoms with Crippen molar-refractivity contribution in [3.05, 3.63) is 51.7 Å². The summed E-state index contributed by atoms with van der Waals surface area (Å²) in [6.07, 6.45) is -0.623. The summed E-state index contributed by atoms with van der Waals surface area (Å²) in [5.74, 6) is 0.350. The second-order valence-corrected chi connectivity index (χ2v) is 6.98. The Bertz CT molecular complexity index is 986. The molecule has 0 unspecified atom stereocenters. The molecule has 0 bridgehead atoms. The number of amides is 1. The molecule has 1 amide bonds. The van der Waals surface area contributed by atoms with E-state index in [1.807, 2.05) is 24.4 Å². The number of likely N-dealkylation sites (N-methyl/N-ethyl adjacent to an activating group) is 1. The second-order valence-electron chi connectivity index (χ2n) is 6.06. The van der Waals surface area contributed by atoms with Crippen LogP contribution in [-0.2, 0) is 4.79 Å². The van der Waals surface area contributed by atoms with Crippen LogP contribution in [0.15, 0.2) is 44.9 Å². The number of carbonyl (C=O) groups excluding carboxylic acids is 1. The van der Waals surface area contributed by atoms with Crippen LogP contribution in [0.1, 0.15) is 12.5 Å². The minimum absolute atomic E-state index is 0.135. The van der Waals surface area contributed by atoms with Crippen molar-refractivity contribution in [2.75, 3.05) is 14.1 Å². The number of carbonyl (C=O) groups is 1. The summed E-state index contributed by atoms with van der Waals surface area (Å²) < 4.78 is 11.0. The lowest BCUT2D eigenvalue weighted by molar-refractivity contribution is -0.135. The Morgan fingerprint density at radius 3 is 2.64 bits per heavy atom. The number of benzene rings is 1. The Balaban J connectivity index is 2.03. The van der Waals surface area contributed by atoms with E-state index in [0.717, 1.165) is 21.4 Å². The van der Waals surface area contributed by atoms with Crippen LogP contribution >= 0.6 is 11.3 Å². The summed E-state index contributed by atoms with van der Waals surface area (Å²) in [5.41, 5.74) is 1.99. The van der Waals surface area contributed by atoms with Gasteiger partial charge in [0.05, 0.1) is 0 Å². The van der Waals surface area contributed by atoms with Gasteiger partial charge in [-0.3, -0.25) is 4.79 Å². The van der Waals surface area contributed by atoms with Crippen LogP contribution < -0.4 is 10.4 Å². The molecule has 6 heteroatoms. The zero-order valence-corrected chi connectivity index (χ0v) is 15.3. The predicted molar refractivity (Wildman–Crippen MR) is 99.3 cm³/mol. The van der Waals surface area contributed by atoms with Gasteiger partial charge in [-0.2, -0.15) is 0 Å². The molecule has 0 aliphatic rings. The first-order chi connectivity index (χ1) is 11.9. The fourth-order valence-corrected chi connectivity index (χ4v) is 3.63. The van der Waals surface area contributed by atoms with Gasteiger partial charge in [0.2, 0.25) is 0 Å². The van der Waals surface area contributed by atoms with Gasteiger partial charge in [0.25, 0.3) is 5.91 Å². The Labute approximate surface area is 149 Å². The highest BCUT2D eigenvalue weighted by Crippen LogP contribution is 2.34. The standard InChI is InChI=1S/C19H19NO4S/c1-11-7-8-25-18(11)15-10-17(21)24-16-9-13(5-6-14(15)16)23-12(2)19(22)20(3)4/h5-10,12H,1-4H3/t12-/m1/s1. The fourth-order valence-electron chi connectivity index (χ4n) is 2.67. The van der Waals surface area contributed by atoms with Crippen molar-refractivity contribution in [1.82, 2.24) is 4.90 Å². The SMILES string of the molecule is Cc1ccsc1-c1cc(=O)oc2cc(O[C@H](C)C(=O)N(C)C)ccc12. The van der Waals surface area contributed by atoms with E-state index >= 15 is 0 Å². The molecule has 0 spiro atoms. The molecule has 1 aromatic carbocycles. The van der Waals surface area contributed by atoms with Gasteiger partial charge in [-0.15, -0.1) is 11.3 Å². The summed E-state index contributed by atoms with van der Waals surface area (Å²) >= 11 is 1.59. The summed E-state index contributed by atoms with van der Waals surface area (Å²) in [7, 11) is 3.36. The third kappa shape index (κ3) is 3.44. The van der Waals surface area contributed by atoms with Crippen LogP contribution in [0.2, 0.25) is 0 Å². The molecule has 25 heavy (non-hydrogen) atoms. The molecule has 0 radical (unpaired) electrons. The molecule has 3 rings (SSSR count). The van der Waals surface area contributed by atoms with E-state index in [4.69, 9.17) is 9.15 Å². The summed E-state index contributed by atoms with van der Waals surface area (Å²) in [5, 5.41) is 2.83. The van der Waals surface area contributed by atoms with Gasteiger partial charge in [0.15, 0.2) is 6.10 Å².